The Labute approximate surface area is 136 Å². The van der Waals surface area contributed by atoms with E-state index >= 15 is 0 Å². The molecule has 0 aliphatic rings. The molecule has 0 saturated carbocycles. The van der Waals surface area contributed by atoms with E-state index in [9.17, 15) is 5.11 Å². The van der Waals surface area contributed by atoms with Crippen LogP contribution in [0, 0.1) is 0 Å². The standard InChI is InChI=1S/C16H27BrN2O2/c1-4-7-18-13(2)15-6-5-14(17)12-16(15)19(8-10-20)9-11-21-3/h5-6,12-13,18,20H,4,7-11H2,1-3H3. The Kier molecular flexibility index (Phi) is 8.92. The van der Waals surface area contributed by atoms with Crippen LogP contribution in [0.5, 0.6) is 0 Å². The Morgan fingerprint density at radius 3 is 2.76 bits per heavy atom. The molecule has 1 atom stereocenters. The van der Waals surface area contributed by atoms with Gasteiger partial charge in [0.1, 0.15) is 0 Å². The summed E-state index contributed by atoms with van der Waals surface area (Å²) in [6.07, 6.45) is 1.11. The molecule has 1 aromatic rings. The zero-order chi connectivity index (χ0) is 15.7. The van der Waals surface area contributed by atoms with Crippen LogP contribution in [0.4, 0.5) is 5.69 Å². The second-order valence-corrected chi connectivity index (χ2v) is 6.00. The van der Waals surface area contributed by atoms with Crippen LogP contribution in [0.2, 0.25) is 0 Å². The highest BCUT2D eigenvalue weighted by Gasteiger charge is 2.15. The highest BCUT2D eigenvalue weighted by molar-refractivity contribution is 9.10. The highest BCUT2D eigenvalue weighted by atomic mass is 79.9. The molecule has 0 amide bonds. The normalized spacial score (nSPS) is 12.4. The summed E-state index contributed by atoms with van der Waals surface area (Å²) < 4.78 is 6.23. The van der Waals surface area contributed by atoms with Gasteiger partial charge in [-0.2, -0.15) is 0 Å². The SMILES string of the molecule is CCCNC(C)c1ccc(Br)cc1N(CCO)CCOC. The van der Waals surface area contributed by atoms with Crippen LogP contribution < -0.4 is 10.2 Å². The Morgan fingerprint density at radius 1 is 1.38 bits per heavy atom. The van der Waals surface area contributed by atoms with E-state index in [2.05, 4.69) is 58.2 Å². The van der Waals surface area contributed by atoms with Crippen molar-refractivity contribution in [2.45, 2.75) is 26.3 Å². The van der Waals surface area contributed by atoms with Crippen LogP contribution in [-0.2, 0) is 4.74 Å². The minimum atomic E-state index is 0.131. The molecule has 0 heterocycles. The van der Waals surface area contributed by atoms with Crippen molar-refractivity contribution in [2.24, 2.45) is 0 Å². The molecule has 1 unspecified atom stereocenters. The van der Waals surface area contributed by atoms with E-state index in [1.165, 1.54) is 5.56 Å². The molecule has 1 aromatic carbocycles. The van der Waals surface area contributed by atoms with E-state index in [4.69, 9.17) is 4.74 Å². The molecule has 1 rings (SSSR count). The molecule has 0 fully saturated rings. The number of anilines is 1. The van der Waals surface area contributed by atoms with Crippen molar-refractivity contribution in [3.63, 3.8) is 0 Å². The molecule has 0 bridgehead atoms. The van der Waals surface area contributed by atoms with Crippen LogP contribution in [0.3, 0.4) is 0 Å². The minimum Gasteiger partial charge on any atom is -0.395 e. The van der Waals surface area contributed by atoms with E-state index in [1.54, 1.807) is 7.11 Å². The number of ether oxygens (including phenoxy) is 1. The minimum absolute atomic E-state index is 0.131. The largest absolute Gasteiger partial charge is 0.395 e. The fourth-order valence-electron chi connectivity index (χ4n) is 2.30. The average Bonchev–Trinajstić information content (AvgIpc) is 2.49. The van der Waals surface area contributed by atoms with Gasteiger partial charge in [0.15, 0.2) is 0 Å². The molecule has 0 radical (unpaired) electrons. The number of aliphatic hydroxyl groups excluding tert-OH is 1. The number of halogens is 1. The average molecular weight is 359 g/mol. The summed E-state index contributed by atoms with van der Waals surface area (Å²) in [5.41, 5.74) is 2.39. The molecule has 5 heteroatoms. The molecular formula is C16H27BrN2O2. The van der Waals surface area contributed by atoms with Gasteiger partial charge < -0.3 is 20.1 Å². The fraction of sp³-hybridized carbons (Fsp3) is 0.625. The number of methoxy groups -OCH3 is 1. The summed E-state index contributed by atoms with van der Waals surface area (Å²) in [6.45, 7) is 7.48. The maximum absolute atomic E-state index is 9.33. The maximum atomic E-state index is 9.33. The second kappa shape index (κ2) is 10.2. The van der Waals surface area contributed by atoms with Gasteiger partial charge in [0.25, 0.3) is 0 Å². The molecule has 21 heavy (non-hydrogen) atoms. The van der Waals surface area contributed by atoms with Crippen LogP contribution in [0.15, 0.2) is 22.7 Å². The van der Waals surface area contributed by atoms with Gasteiger partial charge in [-0.15, -0.1) is 0 Å². The first-order chi connectivity index (χ1) is 10.1. The number of nitrogens with zero attached hydrogens (tertiary/aromatic N) is 1. The van der Waals surface area contributed by atoms with Crippen LogP contribution >= 0.6 is 15.9 Å². The molecule has 0 aliphatic carbocycles. The zero-order valence-corrected chi connectivity index (χ0v) is 14.8. The monoisotopic (exact) mass is 358 g/mol. The quantitative estimate of drug-likeness (QED) is 0.674. The van der Waals surface area contributed by atoms with Crippen LogP contribution in [0.25, 0.3) is 0 Å². The molecular weight excluding hydrogens is 332 g/mol. The molecule has 0 aliphatic heterocycles. The van der Waals surface area contributed by atoms with Gasteiger partial charge in [0.2, 0.25) is 0 Å². The summed E-state index contributed by atoms with van der Waals surface area (Å²) in [7, 11) is 1.70. The fourth-order valence-corrected chi connectivity index (χ4v) is 2.65. The number of hydrogen-bond donors (Lipinski definition) is 2. The van der Waals surface area contributed by atoms with E-state index in [0.717, 1.165) is 29.7 Å². The first-order valence-electron chi connectivity index (χ1n) is 7.51. The summed E-state index contributed by atoms with van der Waals surface area (Å²) >= 11 is 3.54. The maximum Gasteiger partial charge on any atom is 0.0637 e. The van der Waals surface area contributed by atoms with Crippen molar-refractivity contribution in [1.29, 1.82) is 0 Å². The first-order valence-corrected chi connectivity index (χ1v) is 8.30. The third kappa shape index (κ3) is 5.94. The summed E-state index contributed by atoms with van der Waals surface area (Å²) in [4.78, 5) is 2.17. The summed E-state index contributed by atoms with van der Waals surface area (Å²) in [5.74, 6) is 0. The number of aliphatic hydroxyl groups is 1. The zero-order valence-electron chi connectivity index (χ0n) is 13.2. The molecule has 120 valence electrons. The number of nitrogens with one attached hydrogen (secondary N) is 1. The van der Waals surface area contributed by atoms with Gasteiger partial charge >= 0.3 is 0 Å². The highest BCUT2D eigenvalue weighted by Crippen LogP contribution is 2.29. The Morgan fingerprint density at radius 2 is 2.14 bits per heavy atom. The van der Waals surface area contributed by atoms with Crippen LogP contribution in [-0.4, -0.2) is 45.1 Å². The summed E-state index contributed by atoms with van der Waals surface area (Å²) in [6, 6.07) is 6.60. The third-order valence-corrected chi connectivity index (χ3v) is 3.93. The van der Waals surface area contributed by atoms with Crippen molar-refractivity contribution in [3.05, 3.63) is 28.2 Å². The van der Waals surface area contributed by atoms with Gasteiger partial charge in [0, 0.05) is 36.4 Å². The predicted octanol–water partition coefficient (Wildman–Crippen LogP) is 2.95. The lowest BCUT2D eigenvalue weighted by molar-refractivity contribution is 0.203. The molecule has 0 spiro atoms. The van der Waals surface area contributed by atoms with Gasteiger partial charge in [0.05, 0.1) is 13.2 Å². The van der Waals surface area contributed by atoms with Crippen molar-refractivity contribution in [3.8, 4) is 0 Å². The van der Waals surface area contributed by atoms with E-state index in [0.29, 0.717) is 13.2 Å². The number of benzene rings is 1. The van der Waals surface area contributed by atoms with E-state index in [-0.39, 0.29) is 12.6 Å². The van der Waals surface area contributed by atoms with E-state index < -0.39 is 0 Å². The lowest BCUT2D eigenvalue weighted by Gasteiger charge is -2.29. The number of rotatable bonds is 10. The smallest absolute Gasteiger partial charge is 0.0637 e. The van der Waals surface area contributed by atoms with Crippen molar-refractivity contribution in [1.82, 2.24) is 5.32 Å². The van der Waals surface area contributed by atoms with Gasteiger partial charge in [-0.25, -0.2) is 0 Å². The lowest BCUT2D eigenvalue weighted by atomic mass is 10.0. The second-order valence-electron chi connectivity index (χ2n) is 5.08. The Balaban J connectivity index is 3.01. The van der Waals surface area contributed by atoms with E-state index in [1.807, 2.05) is 0 Å². The number of hydrogen-bond acceptors (Lipinski definition) is 4. The molecule has 4 nitrogen and oxygen atoms in total. The topological polar surface area (TPSA) is 44.7 Å². The van der Waals surface area contributed by atoms with Crippen LogP contribution in [0.1, 0.15) is 31.9 Å². The molecule has 0 aromatic heterocycles. The lowest BCUT2D eigenvalue weighted by Crippen LogP contribution is -2.32. The third-order valence-electron chi connectivity index (χ3n) is 3.44. The van der Waals surface area contributed by atoms with Gasteiger partial charge in [-0.3, -0.25) is 0 Å². The van der Waals surface area contributed by atoms with Crippen molar-refractivity contribution < 1.29 is 9.84 Å². The Hall–Kier alpha value is -0.620. The molecule has 0 saturated heterocycles. The van der Waals surface area contributed by atoms with Crippen molar-refractivity contribution >= 4 is 21.6 Å². The summed E-state index contributed by atoms with van der Waals surface area (Å²) in [5, 5.41) is 12.9. The van der Waals surface area contributed by atoms with Crippen molar-refractivity contribution in [2.75, 3.05) is 44.9 Å². The predicted molar refractivity (Wildman–Crippen MR) is 92.0 cm³/mol. The Bertz CT molecular complexity index is 415. The van der Waals surface area contributed by atoms with Gasteiger partial charge in [-0.05, 0) is 37.6 Å². The first kappa shape index (κ1) is 18.4. The molecule has 2 N–H and O–H groups in total. The van der Waals surface area contributed by atoms with Gasteiger partial charge in [-0.1, -0.05) is 28.9 Å².